The number of hydrogen-bond donors (Lipinski definition) is 1. The maximum absolute atomic E-state index is 10.2. The molecule has 0 aliphatic heterocycles. The third-order valence-electron chi connectivity index (χ3n) is 3.32. The molecule has 2 unspecified atom stereocenters. The van der Waals surface area contributed by atoms with Crippen LogP contribution in [0.5, 0.6) is 0 Å². The lowest BCUT2D eigenvalue weighted by Crippen LogP contribution is -2.31. The summed E-state index contributed by atoms with van der Waals surface area (Å²) in [5.41, 5.74) is -0.315. The molecule has 1 nitrogen and oxygen atoms in total. The molecule has 12 heavy (non-hydrogen) atoms. The molecule has 0 radical (unpaired) electrons. The maximum atomic E-state index is 10.2. The Kier molecular flexibility index (Phi) is 3.16. The highest BCUT2D eigenvalue weighted by Gasteiger charge is 2.37. The van der Waals surface area contributed by atoms with E-state index in [1.54, 1.807) is 0 Å². The summed E-state index contributed by atoms with van der Waals surface area (Å²) in [4.78, 5) is 0. The van der Waals surface area contributed by atoms with E-state index in [1.807, 2.05) is 0 Å². The normalized spacial score (nSPS) is 36.2. The molecule has 1 rings (SSSR count). The van der Waals surface area contributed by atoms with Crippen LogP contribution in [0.4, 0.5) is 0 Å². The zero-order valence-electron chi connectivity index (χ0n) is 8.64. The average molecular weight is 170 g/mol. The van der Waals surface area contributed by atoms with E-state index in [9.17, 15) is 5.11 Å². The van der Waals surface area contributed by atoms with Crippen LogP contribution in [0.1, 0.15) is 52.9 Å². The van der Waals surface area contributed by atoms with Crippen molar-refractivity contribution in [2.75, 3.05) is 0 Å². The molecule has 72 valence electrons. The quantitative estimate of drug-likeness (QED) is 0.690. The Hall–Kier alpha value is -0.0400. The second-order valence-corrected chi connectivity index (χ2v) is 4.83. The first-order chi connectivity index (χ1) is 5.54. The van der Waals surface area contributed by atoms with Gasteiger partial charge in [0.2, 0.25) is 0 Å². The Labute approximate surface area is 76.2 Å². The highest BCUT2D eigenvalue weighted by atomic mass is 16.3. The minimum Gasteiger partial charge on any atom is -0.390 e. The minimum absolute atomic E-state index is 0.315. The first-order valence-electron chi connectivity index (χ1n) is 5.27. The van der Waals surface area contributed by atoms with E-state index in [4.69, 9.17) is 0 Å². The van der Waals surface area contributed by atoms with Crippen LogP contribution >= 0.6 is 0 Å². The van der Waals surface area contributed by atoms with Crippen molar-refractivity contribution in [3.8, 4) is 0 Å². The summed E-state index contributed by atoms with van der Waals surface area (Å²) in [6.07, 6.45) is 5.64. The first kappa shape index (κ1) is 10.0. The molecule has 0 bridgehead atoms. The van der Waals surface area contributed by atoms with Crippen LogP contribution in [0.3, 0.4) is 0 Å². The summed E-state index contributed by atoms with van der Waals surface area (Å²) in [5, 5.41) is 10.2. The van der Waals surface area contributed by atoms with Gasteiger partial charge >= 0.3 is 0 Å². The fraction of sp³-hybridized carbons (Fsp3) is 1.00. The maximum Gasteiger partial charge on any atom is 0.0673 e. The SMILES string of the molecule is CC(C)CCC1(O)CCCC1C. The molecule has 1 aliphatic rings. The smallest absolute Gasteiger partial charge is 0.0673 e. The fourth-order valence-corrected chi connectivity index (χ4v) is 2.14. The van der Waals surface area contributed by atoms with Crippen LogP contribution in [-0.2, 0) is 0 Å². The Bertz CT molecular complexity index is 142. The van der Waals surface area contributed by atoms with Gasteiger partial charge in [0, 0.05) is 0 Å². The summed E-state index contributed by atoms with van der Waals surface area (Å²) in [5.74, 6) is 1.25. The fourth-order valence-electron chi connectivity index (χ4n) is 2.14. The van der Waals surface area contributed by atoms with Gasteiger partial charge in [-0.25, -0.2) is 0 Å². The Morgan fingerprint density at radius 3 is 2.58 bits per heavy atom. The van der Waals surface area contributed by atoms with Gasteiger partial charge in [-0.1, -0.05) is 27.2 Å². The van der Waals surface area contributed by atoms with Crippen molar-refractivity contribution in [1.29, 1.82) is 0 Å². The minimum atomic E-state index is -0.315. The van der Waals surface area contributed by atoms with E-state index in [1.165, 1.54) is 19.3 Å². The summed E-state index contributed by atoms with van der Waals surface area (Å²) in [6, 6.07) is 0. The number of hydrogen-bond acceptors (Lipinski definition) is 1. The van der Waals surface area contributed by atoms with E-state index in [2.05, 4.69) is 20.8 Å². The van der Waals surface area contributed by atoms with Gasteiger partial charge in [0.05, 0.1) is 5.60 Å². The molecule has 0 aromatic rings. The van der Waals surface area contributed by atoms with E-state index in [-0.39, 0.29) is 5.60 Å². The molecule has 1 aliphatic carbocycles. The van der Waals surface area contributed by atoms with Crippen LogP contribution in [0, 0.1) is 11.8 Å². The average Bonchev–Trinajstić information content (AvgIpc) is 2.30. The van der Waals surface area contributed by atoms with Gasteiger partial charge in [-0.3, -0.25) is 0 Å². The molecule has 1 heteroatoms. The Balaban J connectivity index is 2.37. The second-order valence-electron chi connectivity index (χ2n) is 4.83. The molecule has 0 spiro atoms. The highest BCUT2D eigenvalue weighted by molar-refractivity contribution is 4.89. The topological polar surface area (TPSA) is 20.2 Å². The van der Waals surface area contributed by atoms with Crippen molar-refractivity contribution in [2.45, 2.75) is 58.5 Å². The van der Waals surface area contributed by atoms with Crippen molar-refractivity contribution in [1.82, 2.24) is 0 Å². The van der Waals surface area contributed by atoms with Crippen LogP contribution in [-0.4, -0.2) is 10.7 Å². The molecule has 0 aromatic carbocycles. The van der Waals surface area contributed by atoms with E-state index >= 15 is 0 Å². The molecular weight excluding hydrogens is 148 g/mol. The Morgan fingerprint density at radius 2 is 2.17 bits per heavy atom. The predicted octanol–water partition coefficient (Wildman–Crippen LogP) is 2.97. The molecule has 2 atom stereocenters. The predicted molar refractivity (Wildman–Crippen MR) is 52.0 cm³/mol. The standard InChI is InChI=1S/C11H22O/c1-9(2)6-8-11(12)7-4-5-10(11)3/h9-10,12H,4-8H2,1-3H3. The number of aliphatic hydroxyl groups is 1. The molecular formula is C11H22O. The van der Waals surface area contributed by atoms with Gasteiger partial charge in [0.15, 0.2) is 0 Å². The van der Waals surface area contributed by atoms with E-state index < -0.39 is 0 Å². The van der Waals surface area contributed by atoms with Crippen molar-refractivity contribution < 1.29 is 5.11 Å². The monoisotopic (exact) mass is 170 g/mol. The molecule has 0 amide bonds. The molecule has 0 heterocycles. The van der Waals surface area contributed by atoms with Gasteiger partial charge in [-0.05, 0) is 37.5 Å². The van der Waals surface area contributed by atoms with Gasteiger partial charge in [0.25, 0.3) is 0 Å². The van der Waals surface area contributed by atoms with Crippen LogP contribution in [0.2, 0.25) is 0 Å². The van der Waals surface area contributed by atoms with Crippen LogP contribution in [0.15, 0.2) is 0 Å². The van der Waals surface area contributed by atoms with Gasteiger partial charge in [0.1, 0.15) is 0 Å². The lowest BCUT2D eigenvalue weighted by molar-refractivity contribution is -0.00346. The van der Waals surface area contributed by atoms with E-state index in [0.29, 0.717) is 5.92 Å². The zero-order valence-corrected chi connectivity index (χ0v) is 8.64. The Morgan fingerprint density at radius 1 is 1.50 bits per heavy atom. The molecule has 0 saturated heterocycles. The van der Waals surface area contributed by atoms with Crippen molar-refractivity contribution >= 4 is 0 Å². The number of rotatable bonds is 3. The lowest BCUT2D eigenvalue weighted by atomic mass is 9.86. The van der Waals surface area contributed by atoms with E-state index in [0.717, 1.165) is 18.8 Å². The molecule has 0 aromatic heterocycles. The molecule has 1 N–H and O–H groups in total. The lowest BCUT2D eigenvalue weighted by Gasteiger charge is -2.28. The first-order valence-corrected chi connectivity index (χ1v) is 5.27. The second kappa shape index (κ2) is 3.78. The summed E-state index contributed by atoms with van der Waals surface area (Å²) >= 11 is 0. The summed E-state index contributed by atoms with van der Waals surface area (Å²) < 4.78 is 0. The zero-order chi connectivity index (χ0) is 9.19. The molecule has 1 saturated carbocycles. The summed E-state index contributed by atoms with van der Waals surface area (Å²) in [6.45, 7) is 6.64. The third kappa shape index (κ3) is 2.22. The largest absolute Gasteiger partial charge is 0.390 e. The van der Waals surface area contributed by atoms with Gasteiger partial charge in [-0.2, -0.15) is 0 Å². The molecule has 1 fully saturated rings. The van der Waals surface area contributed by atoms with Crippen molar-refractivity contribution in [3.63, 3.8) is 0 Å². The van der Waals surface area contributed by atoms with Crippen molar-refractivity contribution in [3.05, 3.63) is 0 Å². The van der Waals surface area contributed by atoms with Gasteiger partial charge < -0.3 is 5.11 Å². The third-order valence-corrected chi connectivity index (χ3v) is 3.32. The summed E-state index contributed by atoms with van der Waals surface area (Å²) in [7, 11) is 0. The van der Waals surface area contributed by atoms with Crippen molar-refractivity contribution in [2.24, 2.45) is 11.8 Å². The van der Waals surface area contributed by atoms with Crippen LogP contribution in [0.25, 0.3) is 0 Å². The van der Waals surface area contributed by atoms with Crippen LogP contribution < -0.4 is 0 Å². The van der Waals surface area contributed by atoms with Gasteiger partial charge in [-0.15, -0.1) is 0 Å². The highest BCUT2D eigenvalue weighted by Crippen LogP contribution is 2.39.